The zero-order valence-electron chi connectivity index (χ0n) is 11.6. The number of rotatable bonds is 4. The van der Waals surface area contributed by atoms with Gasteiger partial charge >= 0.3 is 5.97 Å². The van der Waals surface area contributed by atoms with Crippen LogP contribution in [-0.2, 0) is 14.3 Å². The molecular weight excluding hydrogens is 246 g/mol. The molecule has 2 aliphatic rings. The van der Waals surface area contributed by atoms with Gasteiger partial charge in [-0.1, -0.05) is 13.8 Å². The number of carboxylic acids is 1. The van der Waals surface area contributed by atoms with Crippen LogP contribution in [0.5, 0.6) is 0 Å². The lowest BCUT2D eigenvalue weighted by Gasteiger charge is -2.50. The van der Waals surface area contributed by atoms with Gasteiger partial charge in [-0.25, -0.2) is 0 Å². The van der Waals surface area contributed by atoms with Crippen LogP contribution in [0, 0.1) is 11.8 Å². The van der Waals surface area contributed by atoms with Gasteiger partial charge in [-0.2, -0.15) is 0 Å². The van der Waals surface area contributed by atoms with Crippen LogP contribution >= 0.6 is 0 Å². The highest BCUT2D eigenvalue weighted by Crippen LogP contribution is 2.46. The summed E-state index contributed by atoms with van der Waals surface area (Å²) in [5, 5.41) is 12.0. The lowest BCUT2D eigenvalue weighted by atomic mass is 9.66. The maximum atomic E-state index is 11.8. The number of nitrogens with one attached hydrogen (secondary N) is 1. The summed E-state index contributed by atoms with van der Waals surface area (Å²) in [6.07, 6.45) is 3.28. The monoisotopic (exact) mass is 269 g/mol. The van der Waals surface area contributed by atoms with E-state index in [-0.39, 0.29) is 23.5 Å². The van der Waals surface area contributed by atoms with Crippen molar-refractivity contribution in [3.05, 3.63) is 0 Å². The van der Waals surface area contributed by atoms with Gasteiger partial charge in [0, 0.05) is 19.1 Å². The van der Waals surface area contributed by atoms with E-state index < -0.39 is 5.97 Å². The fraction of sp³-hybridized carbons (Fsp3) is 0.857. The Balaban J connectivity index is 1.82. The first-order valence-corrected chi connectivity index (χ1v) is 7.06. The van der Waals surface area contributed by atoms with Crippen molar-refractivity contribution in [3.8, 4) is 0 Å². The second kappa shape index (κ2) is 5.49. The molecule has 0 radical (unpaired) electrons. The van der Waals surface area contributed by atoms with E-state index in [1.54, 1.807) is 0 Å². The van der Waals surface area contributed by atoms with Crippen LogP contribution in [-0.4, -0.2) is 35.2 Å². The fourth-order valence-electron chi connectivity index (χ4n) is 3.11. The molecule has 108 valence electrons. The minimum Gasteiger partial charge on any atom is -0.481 e. The number of carbonyl (C=O) groups is 2. The molecule has 1 heterocycles. The Bertz CT molecular complexity index is 360. The molecule has 1 atom stereocenters. The molecule has 0 aromatic rings. The first-order valence-electron chi connectivity index (χ1n) is 7.06. The van der Waals surface area contributed by atoms with Crippen molar-refractivity contribution < 1.29 is 19.4 Å². The molecule has 19 heavy (non-hydrogen) atoms. The first-order chi connectivity index (χ1) is 8.90. The molecule has 1 aliphatic heterocycles. The van der Waals surface area contributed by atoms with Crippen molar-refractivity contribution in [1.29, 1.82) is 0 Å². The maximum absolute atomic E-state index is 11.8. The SMILES string of the molecule is CC(C)CC(=O)NC1CCOC2(C1)CC(C(=O)O)C2. The normalized spacial score (nSPS) is 34.1. The molecule has 1 saturated carbocycles. The molecule has 0 bridgehead atoms. The molecule has 2 rings (SSSR count). The van der Waals surface area contributed by atoms with Gasteiger partial charge in [0.25, 0.3) is 0 Å². The second-order valence-corrected chi connectivity index (χ2v) is 6.33. The number of amides is 1. The van der Waals surface area contributed by atoms with E-state index >= 15 is 0 Å². The molecule has 2 fully saturated rings. The maximum Gasteiger partial charge on any atom is 0.306 e. The summed E-state index contributed by atoms with van der Waals surface area (Å²) >= 11 is 0. The van der Waals surface area contributed by atoms with Crippen molar-refractivity contribution in [2.75, 3.05) is 6.61 Å². The van der Waals surface area contributed by atoms with Gasteiger partial charge in [-0.05, 0) is 31.6 Å². The van der Waals surface area contributed by atoms with Crippen LogP contribution in [0.1, 0.15) is 46.0 Å². The molecule has 1 aliphatic carbocycles. The van der Waals surface area contributed by atoms with E-state index in [0.717, 1.165) is 12.8 Å². The van der Waals surface area contributed by atoms with Crippen molar-refractivity contribution in [2.45, 2.75) is 57.6 Å². The highest BCUT2D eigenvalue weighted by atomic mass is 16.5. The summed E-state index contributed by atoms with van der Waals surface area (Å²) < 4.78 is 5.76. The Morgan fingerprint density at radius 3 is 2.63 bits per heavy atom. The molecule has 5 nitrogen and oxygen atoms in total. The predicted molar refractivity (Wildman–Crippen MR) is 69.7 cm³/mol. The standard InChI is InChI=1S/C14H23NO4/c1-9(2)5-12(16)15-11-3-4-19-14(8-11)6-10(7-14)13(17)18/h9-11H,3-8H2,1-2H3,(H,15,16)(H,17,18). The number of carboxylic acid groups (broad SMARTS) is 1. The Morgan fingerprint density at radius 1 is 1.37 bits per heavy atom. The van der Waals surface area contributed by atoms with E-state index in [4.69, 9.17) is 9.84 Å². The number of hydrogen-bond donors (Lipinski definition) is 2. The van der Waals surface area contributed by atoms with Crippen LogP contribution in [0.3, 0.4) is 0 Å². The van der Waals surface area contributed by atoms with E-state index in [1.165, 1.54) is 0 Å². The molecule has 5 heteroatoms. The zero-order chi connectivity index (χ0) is 14.0. The van der Waals surface area contributed by atoms with Gasteiger partial charge in [0.1, 0.15) is 0 Å². The number of hydrogen-bond acceptors (Lipinski definition) is 3. The number of ether oxygens (including phenoxy) is 1. The molecule has 0 aromatic heterocycles. The third-order valence-electron chi connectivity index (χ3n) is 4.04. The molecule has 1 spiro atoms. The number of carbonyl (C=O) groups excluding carboxylic acids is 1. The van der Waals surface area contributed by atoms with Crippen LogP contribution in [0.15, 0.2) is 0 Å². The molecule has 1 saturated heterocycles. The van der Waals surface area contributed by atoms with Crippen molar-refractivity contribution in [3.63, 3.8) is 0 Å². The van der Waals surface area contributed by atoms with Gasteiger partial charge in [-0.3, -0.25) is 9.59 Å². The smallest absolute Gasteiger partial charge is 0.306 e. The van der Waals surface area contributed by atoms with E-state index in [9.17, 15) is 9.59 Å². The quantitative estimate of drug-likeness (QED) is 0.812. The minimum atomic E-state index is -0.736. The average Bonchev–Trinajstić information content (AvgIpc) is 2.24. The minimum absolute atomic E-state index is 0.0890. The Hall–Kier alpha value is -1.10. The van der Waals surface area contributed by atoms with Crippen LogP contribution < -0.4 is 5.32 Å². The van der Waals surface area contributed by atoms with Crippen molar-refractivity contribution >= 4 is 11.9 Å². The average molecular weight is 269 g/mol. The van der Waals surface area contributed by atoms with E-state index in [0.29, 0.717) is 31.8 Å². The lowest BCUT2D eigenvalue weighted by molar-refractivity contribution is -0.182. The van der Waals surface area contributed by atoms with Gasteiger partial charge < -0.3 is 15.2 Å². The zero-order valence-corrected chi connectivity index (χ0v) is 11.6. The van der Waals surface area contributed by atoms with E-state index in [2.05, 4.69) is 5.32 Å². The molecule has 1 unspecified atom stereocenters. The summed E-state index contributed by atoms with van der Waals surface area (Å²) in [4.78, 5) is 22.6. The molecule has 1 amide bonds. The third kappa shape index (κ3) is 3.47. The first kappa shape index (κ1) is 14.3. The van der Waals surface area contributed by atoms with Crippen LogP contribution in [0.25, 0.3) is 0 Å². The second-order valence-electron chi connectivity index (χ2n) is 6.33. The molecule has 0 aromatic carbocycles. The molecule has 2 N–H and O–H groups in total. The van der Waals surface area contributed by atoms with Crippen LogP contribution in [0.4, 0.5) is 0 Å². The summed E-state index contributed by atoms with van der Waals surface area (Å²) in [6.45, 7) is 4.65. The van der Waals surface area contributed by atoms with Crippen molar-refractivity contribution in [2.24, 2.45) is 11.8 Å². The number of aliphatic carboxylic acids is 1. The third-order valence-corrected chi connectivity index (χ3v) is 4.04. The Labute approximate surface area is 113 Å². The largest absolute Gasteiger partial charge is 0.481 e. The summed E-state index contributed by atoms with van der Waals surface area (Å²) in [6, 6.07) is 0.134. The fourth-order valence-corrected chi connectivity index (χ4v) is 3.11. The van der Waals surface area contributed by atoms with Crippen molar-refractivity contribution in [1.82, 2.24) is 5.32 Å². The summed E-state index contributed by atoms with van der Waals surface area (Å²) in [5.41, 5.74) is -0.295. The molecular formula is C14H23NO4. The summed E-state index contributed by atoms with van der Waals surface area (Å²) in [7, 11) is 0. The van der Waals surface area contributed by atoms with Gasteiger partial charge in [0.2, 0.25) is 5.91 Å². The highest BCUT2D eigenvalue weighted by Gasteiger charge is 2.51. The van der Waals surface area contributed by atoms with Gasteiger partial charge in [0.15, 0.2) is 0 Å². The lowest BCUT2D eigenvalue weighted by Crippen LogP contribution is -2.56. The van der Waals surface area contributed by atoms with Gasteiger partial charge in [-0.15, -0.1) is 0 Å². The topological polar surface area (TPSA) is 75.6 Å². The van der Waals surface area contributed by atoms with E-state index in [1.807, 2.05) is 13.8 Å². The Kier molecular flexibility index (Phi) is 4.13. The van der Waals surface area contributed by atoms with Gasteiger partial charge in [0.05, 0.1) is 11.5 Å². The Morgan fingerprint density at radius 2 is 2.05 bits per heavy atom. The highest BCUT2D eigenvalue weighted by molar-refractivity contribution is 5.76. The van der Waals surface area contributed by atoms with Crippen LogP contribution in [0.2, 0.25) is 0 Å². The summed E-state index contributed by atoms with van der Waals surface area (Å²) in [5.74, 6) is -0.564. The predicted octanol–water partition coefficient (Wildman–Crippen LogP) is 1.56.